The molecular weight excluding hydrogens is 295 g/mol. The van der Waals surface area contributed by atoms with Gasteiger partial charge in [-0.15, -0.1) is 0 Å². The van der Waals surface area contributed by atoms with Gasteiger partial charge in [-0.1, -0.05) is 0 Å². The fourth-order valence-corrected chi connectivity index (χ4v) is 1.83. The quantitative estimate of drug-likeness (QED) is 0.745. The summed E-state index contributed by atoms with van der Waals surface area (Å²) < 4.78 is 37.4. The first-order valence-corrected chi connectivity index (χ1v) is 7.28. The number of carbonyl (C=O) groups is 2. The van der Waals surface area contributed by atoms with Crippen molar-refractivity contribution in [1.82, 2.24) is 9.80 Å². The molecule has 0 aromatic rings. The molecule has 0 bridgehead atoms. The van der Waals surface area contributed by atoms with E-state index in [0.29, 0.717) is 10.7 Å². The molecular formula is C11H20F3N3O2S. The third-order valence-electron chi connectivity index (χ3n) is 2.46. The lowest BCUT2D eigenvalue weighted by Gasteiger charge is -2.27. The summed E-state index contributed by atoms with van der Waals surface area (Å²) in [6, 6.07) is -1.03. The summed E-state index contributed by atoms with van der Waals surface area (Å²) in [5.41, 5.74) is 5.58. The van der Waals surface area contributed by atoms with Crippen molar-refractivity contribution >= 4 is 23.6 Å². The molecule has 0 aliphatic rings. The monoisotopic (exact) mass is 315 g/mol. The van der Waals surface area contributed by atoms with Crippen LogP contribution in [-0.4, -0.2) is 73.0 Å². The molecule has 2 amide bonds. The van der Waals surface area contributed by atoms with Crippen LogP contribution in [0.2, 0.25) is 0 Å². The Morgan fingerprint density at radius 3 is 2.25 bits per heavy atom. The van der Waals surface area contributed by atoms with Crippen LogP contribution in [0.5, 0.6) is 0 Å². The molecule has 9 heteroatoms. The van der Waals surface area contributed by atoms with E-state index in [0.717, 1.165) is 4.90 Å². The number of nitrogens with zero attached hydrogens (tertiary/aromatic N) is 2. The molecule has 0 unspecified atom stereocenters. The first kappa shape index (κ1) is 19.0. The molecule has 0 aliphatic carbocycles. The Balaban J connectivity index is 4.82. The van der Waals surface area contributed by atoms with Crippen LogP contribution in [0.3, 0.4) is 0 Å². The zero-order chi connectivity index (χ0) is 15.9. The molecule has 0 aromatic carbocycles. The highest BCUT2D eigenvalue weighted by Gasteiger charge is 2.35. The molecule has 0 radical (unpaired) electrons. The number of carbonyl (C=O) groups excluding carboxylic acids is 2. The summed E-state index contributed by atoms with van der Waals surface area (Å²) in [6.45, 7) is -2.10. The van der Waals surface area contributed by atoms with E-state index in [4.69, 9.17) is 5.73 Å². The molecule has 0 saturated heterocycles. The van der Waals surface area contributed by atoms with Crippen LogP contribution in [0.15, 0.2) is 0 Å². The fraction of sp³-hybridized carbons (Fsp3) is 0.818. The van der Waals surface area contributed by atoms with Crippen LogP contribution in [0.4, 0.5) is 13.2 Å². The smallest absolute Gasteiger partial charge is 0.347 e. The number of halogens is 3. The van der Waals surface area contributed by atoms with E-state index >= 15 is 0 Å². The third kappa shape index (κ3) is 7.59. The summed E-state index contributed by atoms with van der Waals surface area (Å²) in [4.78, 5) is 25.0. The lowest BCUT2D eigenvalue weighted by Crippen LogP contribution is -2.51. The first-order valence-electron chi connectivity index (χ1n) is 5.88. The molecule has 0 aliphatic heterocycles. The first-order chi connectivity index (χ1) is 9.08. The highest BCUT2D eigenvalue weighted by molar-refractivity contribution is 7.98. The average Bonchev–Trinajstić information content (AvgIpc) is 2.32. The number of thioether (sulfide) groups is 1. The van der Waals surface area contributed by atoms with Crippen LogP contribution in [-0.2, 0) is 9.59 Å². The number of likely N-dealkylation sites (N-methyl/N-ethyl adjacent to an activating group) is 1. The second kappa shape index (κ2) is 8.35. The predicted molar refractivity (Wildman–Crippen MR) is 72.3 cm³/mol. The van der Waals surface area contributed by atoms with Gasteiger partial charge in [-0.05, 0) is 18.4 Å². The van der Waals surface area contributed by atoms with Gasteiger partial charge in [0, 0.05) is 14.1 Å². The average molecular weight is 315 g/mol. The topological polar surface area (TPSA) is 66.6 Å². The van der Waals surface area contributed by atoms with Crippen molar-refractivity contribution in [3.05, 3.63) is 0 Å². The minimum atomic E-state index is -4.57. The van der Waals surface area contributed by atoms with Crippen molar-refractivity contribution < 1.29 is 22.8 Å². The number of hydrogen-bond donors (Lipinski definition) is 1. The maximum Gasteiger partial charge on any atom is 0.406 e. The van der Waals surface area contributed by atoms with Crippen LogP contribution >= 0.6 is 11.8 Å². The van der Waals surface area contributed by atoms with Crippen LogP contribution in [0, 0.1) is 0 Å². The zero-order valence-electron chi connectivity index (χ0n) is 11.7. The number of alkyl halides is 3. The zero-order valence-corrected chi connectivity index (χ0v) is 12.6. The van der Waals surface area contributed by atoms with Gasteiger partial charge in [-0.25, -0.2) is 0 Å². The van der Waals surface area contributed by atoms with E-state index in [1.54, 1.807) is 6.26 Å². The molecule has 0 heterocycles. The van der Waals surface area contributed by atoms with E-state index in [1.165, 1.54) is 25.9 Å². The normalized spacial score (nSPS) is 12.9. The lowest BCUT2D eigenvalue weighted by atomic mass is 10.2. The maximum atomic E-state index is 12.5. The van der Waals surface area contributed by atoms with Crippen LogP contribution < -0.4 is 5.73 Å². The second-order valence-corrected chi connectivity index (χ2v) is 5.47. The number of nitrogens with two attached hydrogens (primary N) is 1. The molecule has 0 aromatic heterocycles. The van der Waals surface area contributed by atoms with Gasteiger partial charge in [0.15, 0.2) is 0 Å². The molecule has 20 heavy (non-hydrogen) atoms. The van der Waals surface area contributed by atoms with Gasteiger partial charge in [0.2, 0.25) is 11.8 Å². The minimum Gasteiger partial charge on any atom is -0.347 e. The molecule has 118 valence electrons. The minimum absolute atomic E-state index is 0.268. The highest BCUT2D eigenvalue weighted by atomic mass is 32.2. The van der Waals surface area contributed by atoms with Crippen molar-refractivity contribution in [2.45, 2.75) is 18.6 Å². The fourth-order valence-electron chi connectivity index (χ4n) is 1.34. The molecule has 0 fully saturated rings. The van der Waals surface area contributed by atoms with Crippen LogP contribution in [0.25, 0.3) is 0 Å². The molecule has 0 spiro atoms. The Hall–Kier alpha value is -0.960. The lowest BCUT2D eigenvalue weighted by molar-refractivity contribution is -0.164. The van der Waals surface area contributed by atoms with Crippen molar-refractivity contribution in [2.24, 2.45) is 5.73 Å². The Morgan fingerprint density at radius 2 is 1.85 bits per heavy atom. The van der Waals surface area contributed by atoms with E-state index in [1.807, 2.05) is 0 Å². The highest BCUT2D eigenvalue weighted by Crippen LogP contribution is 2.17. The summed E-state index contributed by atoms with van der Waals surface area (Å²) in [7, 11) is 2.82. The molecule has 5 nitrogen and oxygen atoms in total. The molecule has 0 saturated carbocycles. The van der Waals surface area contributed by atoms with Crippen LogP contribution in [0.1, 0.15) is 6.42 Å². The van der Waals surface area contributed by atoms with Gasteiger partial charge in [0.05, 0.1) is 6.04 Å². The predicted octanol–water partition coefficient (Wildman–Crippen LogP) is 0.546. The standard InChI is InChI=1S/C11H20F3N3O2S/c1-16(2)9(18)6-17(7-11(12,13)14)10(19)8(15)4-5-20-3/h8H,4-7,15H2,1-3H3/t8-/m0/s1. The second-order valence-electron chi connectivity index (χ2n) is 4.49. The van der Waals surface area contributed by atoms with Crippen molar-refractivity contribution in [1.29, 1.82) is 0 Å². The Bertz CT molecular complexity index is 337. The number of rotatable bonds is 7. The van der Waals surface area contributed by atoms with E-state index in [9.17, 15) is 22.8 Å². The summed E-state index contributed by atoms with van der Waals surface area (Å²) in [5.74, 6) is -0.875. The Labute approximate surface area is 120 Å². The summed E-state index contributed by atoms with van der Waals surface area (Å²) in [5, 5.41) is 0. The van der Waals surface area contributed by atoms with E-state index in [-0.39, 0.29) is 6.42 Å². The van der Waals surface area contributed by atoms with Crippen molar-refractivity contribution in [3.8, 4) is 0 Å². The van der Waals surface area contributed by atoms with Crippen molar-refractivity contribution in [2.75, 3.05) is 39.2 Å². The van der Waals surface area contributed by atoms with Gasteiger partial charge in [-0.3, -0.25) is 9.59 Å². The molecule has 2 N–H and O–H groups in total. The third-order valence-corrected chi connectivity index (χ3v) is 3.10. The maximum absolute atomic E-state index is 12.5. The number of hydrogen-bond acceptors (Lipinski definition) is 4. The van der Waals surface area contributed by atoms with Crippen molar-refractivity contribution in [3.63, 3.8) is 0 Å². The number of amides is 2. The van der Waals surface area contributed by atoms with Gasteiger partial charge in [0.25, 0.3) is 0 Å². The SMILES string of the molecule is CSCC[C@H](N)C(=O)N(CC(=O)N(C)C)CC(F)(F)F. The Morgan fingerprint density at radius 1 is 1.30 bits per heavy atom. The van der Waals surface area contributed by atoms with Gasteiger partial charge in [0.1, 0.15) is 13.1 Å². The van der Waals surface area contributed by atoms with Gasteiger partial charge >= 0.3 is 6.18 Å². The van der Waals surface area contributed by atoms with Gasteiger partial charge < -0.3 is 15.5 Å². The molecule has 0 rings (SSSR count). The summed E-state index contributed by atoms with van der Waals surface area (Å²) in [6.07, 6.45) is -2.49. The Kier molecular flexibility index (Phi) is 7.95. The van der Waals surface area contributed by atoms with Gasteiger partial charge in [-0.2, -0.15) is 24.9 Å². The largest absolute Gasteiger partial charge is 0.406 e. The summed E-state index contributed by atoms with van der Waals surface area (Å²) >= 11 is 1.44. The van der Waals surface area contributed by atoms with E-state index in [2.05, 4.69) is 0 Å². The molecule has 1 atom stereocenters. The van der Waals surface area contributed by atoms with E-state index < -0.39 is 37.1 Å².